The number of nitrogens with one attached hydrogen (secondary N) is 1. The van der Waals surface area contributed by atoms with Gasteiger partial charge in [0, 0.05) is 36.7 Å². The number of piperidine rings is 1. The van der Waals surface area contributed by atoms with Crippen molar-refractivity contribution in [2.24, 2.45) is 5.92 Å². The molecule has 2 atom stereocenters. The van der Waals surface area contributed by atoms with E-state index < -0.39 is 0 Å². The molecule has 0 radical (unpaired) electrons. The van der Waals surface area contributed by atoms with E-state index >= 15 is 0 Å². The molecule has 1 fully saturated rings. The summed E-state index contributed by atoms with van der Waals surface area (Å²) in [5, 5.41) is 5.05. The second kappa shape index (κ2) is 9.85. The summed E-state index contributed by atoms with van der Waals surface area (Å²) in [5.41, 5.74) is 1.99. The van der Waals surface area contributed by atoms with Gasteiger partial charge in [-0.3, -0.25) is 9.59 Å². The molecule has 28 heavy (non-hydrogen) atoms. The van der Waals surface area contributed by atoms with Crippen molar-refractivity contribution >= 4 is 28.8 Å². The van der Waals surface area contributed by atoms with E-state index in [0.717, 1.165) is 22.5 Å². The largest absolute Gasteiger partial charge is 0.382 e. The van der Waals surface area contributed by atoms with Gasteiger partial charge in [-0.15, -0.1) is 11.3 Å². The molecule has 0 aliphatic carbocycles. The quantitative estimate of drug-likeness (QED) is 0.679. The van der Waals surface area contributed by atoms with Crippen LogP contribution in [0.3, 0.4) is 0 Å². The van der Waals surface area contributed by atoms with Crippen LogP contribution in [0.1, 0.15) is 42.7 Å². The minimum atomic E-state index is -0.268. The number of hydrogen-bond donors (Lipinski definition) is 1. The van der Waals surface area contributed by atoms with Crippen molar-refractivity contribution in [3.63, 3.8) is 0 Å². The van der Waals surface area contributed by atoms with E-state index in [1.807, 2.05) is 60.5 Å². The van der Waals surface area contributed by atoms with Crippen molar-refractivity contribution in [2.45, 2.75) is 39.2 Å². The topological polar surface area (TPSA) is 58.6 Å². The molecule has 1 aromatic heterocycles. The van der Waals surface area contributed by atoms with Gasteiger partial charge in [-0.25, -0.2) is 0 Å². The highest BCUT2D eigenvalue weighted by Crippen LogP contribution is 2.41. The fourth-order valence-electron chi connectivity index (χ4n) is 3.62. The second-order valence-electron chi connectivity index (χ2n) is 7.05. The zero-order valence-electron chi connectivity index (χ0n) is 16.5. The molecule has 2 amide bonds. The lowest BCUT2D eigenvalue weighted by Gasteiger charge is -2.40. The van der Waals surface area contributed by atoms with E-state index in [1.54, 1.807) is 11.3 Å². The first-order valence-electron chi connectivity index (χ1n) is 9.89. The fourth-order valence-corrected chi connectivity index (χ4v) is 4.50. The summed E-state index contributed by atoms with van der Waals surface area (Å²) in [6, 6.07) is 11.7. The maximum atomic E-state index is 13.0. The number of aryl methyl sites for hydroxylation is 1. The van der Waals surface area contributed by atoms with Crippen LogP contribution in [0, 0.1) is 12.8 Å². The Hall–Kier alpha value is -2.18. The second-order valence-corrected chi connectivity index (χ2v) is 8.03. The van der Waals surface area contributed by atoms with E-state index in [2.05, 4.69) is 5.32 Å². The Bertz CT molecular complexity index is 774. The van der Waals surface area contributed by atoms with Gasteiger partial charge in [-0.05, 0) is 50.3 Å². The smallest absolute Gasteiger partial charge is 0.227 e. The van der Waals surface area contributed by atoms with Crippen LogP contribution < -0.4 is 10.2 Å². The van der Waals surface area contributed by atoms with Crippen LogP contribution in [0.25, 0.3) is 0 Å². The molecular formula is C22H28N2O3S. The fraction of sp³-hybridized carbons (Fsp3) is 0.455. The summed E-state index contributed by atoms with van der Waals surface area (Å²) < 4.78 is 5.34. The first-order valence-corrected chi connectivity index (χ1v) is 10.8. The summed E-state index contributed by atoms with van der Waals surface area (Å²) in [7, 11) is 0. The van der Waals surface area contributed by atoms with Gasteiger partial charge in [0.2, 0.25) is 11.8 Å². The van der Waals surface area contributed by atoms with E-state index in [1.165, 1.54) is 0 Å². The monoisotopic (exact) mass is 400 g/mol. The molecule has 1 N–H and O–H groups in total. The third-order valence-electron chi connectivity index (χ3n) is 5.05. The molecular weight excluding hydrogens is 372 g/mol. The molecule has 1 aliphatic heterocycles. The Labute approximate surface area is 170 Å². The van der Waals surface area contributed by atoms with E-state index in [-0.39, 0.29) is 23.8 Å². The molecule has 2 heterocycles. The van der Waals surface area contributed by atoms with Crippen LogP contribution in [0.15, 0.2) is 41.8 Å². The van der Waals surface area contributed by atoms with Crippen molar-refractivity contribution in [1.82, 2.24) is 5.32 Å². The highest BCUT2D eigenvalue weighted by molar-refractivity contribution is 7.10. The Morgan fingerprint density at radius 2 is 2.07 bits per heavy atom. The first kappa shape index (κ1) is 20.6. The van der Waals surface area contributed by atoms with Crippen molar-refractivity contribution in [3.05, 3.63) is 52.2 Å². The third kappa shape index (κ3) is 4.80. The zero-order chi connectivity index (χ0) is 19.9. The van der Waals surface area contributed by atoms with Gasteiger partial charge >= 0.3 is 0 Å². The maximum absolute atomic E-state index is 13.0. The van der Waals surface area contributed by atoms with Gasteiger partial charge in [0.1, 0.15) is 0 Å². The van der Waals surface area contributed by atoms with E-state index in [0.29, 0.717) is 32.6 Å². The third-order valence-corrected chi connectivity index (χ3v) is 5.99. The molecule has 1 aliphatic rings. The van der Waals surface area contributed by atoms with Gasteiger partial charge < -0.3 is 15.0 Å². The van der Waals surface area contributed by atoms with Crippen molar-refractivity contribution in [1.29, 1.82) is 0 Å². The van der Waals surface area contributed by atoms with Crippen LogP contribution in [0.5, 0.6) is 0 Å². The summed E-state index contributed by atoms with van der Waals surface area (Å²) in [5.74, 6) is -0.174. The van der Waals surface area contributed by atoms with E-state index in [4.69, 9.17) is 4.74 Å². The molecule has 150 valence electrons. The number of carbonyl (C=O) groups excluding carboxylic acids is 2. The summed E-state index contributed by atoms with van der Waals surface area (Å²) in [6.45, 7) is 5.90. The number of nitrogens with zero attached hydrogens (tertiary/aromatic N) is 1. The predicted octanol–water partition coefficient (Wildman–Crippen LogP) is 4.08. The highest BCUT2D eigenvalue weighted by atomic mass is 32.1. The van der Waals surface area contributed by atoms with Gasteiger partial charge in [-0.2, -0.15) is 0 Å². The molecule has 6 heteroatoms. The lowest BCUT2D eigenvalue weighted by Crippen LogP contribution is -2.48. The van der Waals surface area contributed by atoms with Crippen LogP contribution in [0.4, 0.5) is 5.69 Å². The van der Waals surface area contributed by atoms with Crippen molar-refractivity contribution < 1.29 is 14.3 Å². The number of thiophene rings is 1. The molecule has 3 rings (SSSR count). The molecule has 2 aromatic rings. The average Bonchev–Trinajstić information content (AvgIpc) is 3.23. The van der Waals surface area contributed by atoms with Crippen LogP contribution >= 0.6 is 11.3 Å². The highest BCUT2D eigenvalue weighted by Gasteiger charge is 2.41. The number of amides is 2. The number of hydrogen-bond acceptors (Lipinski definition) is 4. The van der Waals surface area contributed by atoms with Gasteiger partial charge in [0.15, 0.2) is 0 Å². The maximum Gasteiger partial charge on any atom is 0.227 e. The Balaban J connectivity index is 1.82. The minimum Gasteiger partial charge on any atom is -0.382 e. The van der Waals surface area contributed by atoms with Crippen molar-refractivity contribution in [3.8, 4) is 0 Å². The molecule has 1 aromatic carbocycles. The normalized spacial score (nSPS) is 19.6. The summed E-state index contributed by atoms with van der Waals surface area (Å²) >= 11 is 1.60. The van der Waals surface area contributed by atoms with Crippen LogP contribution in [-0.4, -0.2) is 31.6 Å². The molecule has 0 spiro atoms. The Morgan fingerprint density at radius 1 is 1.29 bits per heavy atom. The number of carbonyl (C=O) groups is 2. The average molecular weight is 401 g/mol. The summed E-state index contributed by atoms with van der Waals surface area (Å²) in [6.07, 6.45) is 1.74. The van der Waals surface area contributed by atoms with Crippen molar-refractivity contribution in [2.75, 3.05) is 24.7 Å². The first-order chi connectivity index (χ1) is 13.6. The summed E-state index contributed by atoms with van der Waals surface area (Å²) in [4.78, 5) is 28.7. The Morgan fingerprint density at radius 3 is 2.75 bits per heavy atom. The van der Waals surface area contributed by atoms with Gasteiger partial charge in [0.05, 0.1) is 12.0 Å². The molecule has 0 saturated carbocycles. The SMILES string of the molecule is CCOCCCNC(=O)[C@H]1CCC(=O)N(c2ccc(C)cc2)[C@@H]1c1cccs1. The van der Waals surface area contributed by atoms with Gasteiger partial charge in [-0.1, -0.05) is 23.8 Å². The molecule has 1 saturated heterocycles. The lowest BCUT2D eigenvalue weighted by atomic mass is 9.86. The number of benzene rings is 1. The molecule has 0 bridgehead atoms. The number of rotatable bonds is 8. The van der Waals surface area contributed by atoms with Crippen LogP contribution in [0.2, 0.25) is 0 Å². The lowest BCUT2D eigenvalue weighted by molar-refractivity contribution is -0.129. The predicted molar refractivity (Wildman–Crippen MR) is 113 cm³/mol. The Kier molecular flexibility index (Phi) is 7.23. The van der Waals surface area contributed by atoms with Crippen LogP contribution in [-0.2, 0) is 14.3 Å². The number of anilines is 1. The number of ether oxygens (including phenoxy) is 1. The van der Waals surface area contributed by atoms with Gasteiger partial charge in [0.25, 0.3) is 0 Å². The molecule has 0 unspecified atom stereocenters. The van der Waals surface area contributed by atoms with E-state index in [9.17, 15) is 9.59 Å². The molecule has 5 nitrogen and oxygen atoms in total. The minimum absolute atomic E-state index is 0.0134. The zero-order valence-corrected chi connectivity index (χ0v) is 17.3. The standard InChI is InChI=1S/C22H28N2O3S/c1-3-27-14-5-13-23-22(26)18-11-12-20(25)24(17-9-7-16(2)8-10-17)21(18)19-6-4-15-28-19/h4,6-10,15,18,21H,3,5,11-14H2,1-2H3,(H,23,26)/t18-,21-/m0/s1.